The molecular weight excluding hydrogens is 261 g/mol. The normalized spacial score (nSPS) is 12.2. The highest BCUT2D eigenvalue weighted by atomic mass is 32.2. The lowest BCUT2D eigenvalue weighted by Gasteiger charge is -2.07. The van der Waals surface area contributed by atoms with E-state index in [1.54, 1.807) is 0 Å². The van der Waals surface area contributed by atoms with Crippen molar-refractivity contribution in [2.24, 2.45) is 5.92 Å². The lowest BCUT2D eigenvalue weighted by molar-refractivity contribution is -0.387. The Balaban J connectivity index is 2.97. The largest absolute Gasteiger partial charge is 0.481 e. The number of nitro benzene ring substituents is 1. The quantitative estimate of drug-likeness (QED) is 0.507. The van der Waals surface area contributed by atoms with Crippen LogP contribution in [0, 0.1) is 28.8 Å². The summed E-state index contributed by atoms with van der Waals surface area (Å²) in [6, 6.07) is 2.23. The number of carboxylic acid groups (broad SMARTS) is 1. The van der Waals surface area contributed by atoms with Crippen LogP contribution in [0.4, 0.5) is 10.1 Å². The van der Waals surface area contributed by atoms with E-state index in [9.17, 15) is 19.3 Å². The highest BCUT2D eigenvalue weighted by molar-refractivity contribution is 7.99. The smallest absolute Gasteiger partial charge is 0.307 e. The summed E-state index contributed by atoms with van der Waals surface area (Å²) in [7, 11) is 0. The van der Waals surface area contributed by atoms with Crippen LogP contribution in [0.15, 0.2) is 17.0 Å². The minimum atomic E-state index is -0.969. The maximum atomic E-state index is 13.2. The number of benzene rings is 1. The van der Waals surface area contributed by atoms with Crippen LogP contribution in [-0.2, 0) is 4.79 Å². The predicted octanol–water partition coefficient (Wildman–Crippen LogP) is 2.86. The first-order chi connectivity index (χ1) is 8.32. The van der Waals surface area contributed by atoms with Gasteiger partial charge in [-0.2, -0.15) is 0 Å². The molecular formula is C11H12FNO4S. The highest BCUT2D eigenvalue weighted by Gasteiger charge is 2.19. The molecule has 1 aromatic carbocycles. The topological polar surface area (TPSA) is 80.4 Å². The Bertz CT molecular complexity index is 492. The van der Waals surface area contributed by atoms with Gasteiger partial charge in [-0.1, -0.05) is 6.92 Å². The van der Waals surface area contributed by atoms with Crippen molar-refractivity contribution < 1.29 is 19.2 Å². The Hall–Kier alpha value is -1.63. The van der Waals surface area contributed by atoms with E-state index in [2.05, 4.69) is 0 Å². The number of nitrogens with zero attached hydrogens (tertiary/aromatic N) is 1. The molecule has 1 aromatic rings. The van der Waals surface area contributed by atoms with Crippen LogP contribution in [-0.4, -0.2) is 21.8 Å². The molecule has 1 rings (SSSR count). The molecule has 0 aliphatic heterocycles. The van der Waals surface area contributed by atoms with E-state index in [1.165, 1.54) is 19.9 Å². The molecule has 0 spiro atoms. The van der Waals surface area contributed by atoms with Crippen LogP contribution >= 0.6 is 11.8 Å². The highest BCUT2D eigenvalue weighted by Crippen LogP contribution is 2.32. The summed E-state index contributed by atoms with van der Waals surface area (Å²) in [6.45, 7) is 3.02. The number of carbonyl (C=O) groups is 1. The first kappa shape index (κ1) is 14.4. The summed E-state index contributed by atoms with van der Waals surface area (Å²) in [5.41, 5.74) is -0.0354. The van der Waals surface area contributed by atoms with Gasteiger partial charge in [0.1, 0.15) is 5.82 Å². The Morgan fingerprint density at radius 1 is 1.61 bits per heavy atom. The molecule has 0 heterocycles. The molecule has 98 valence electrons. The molecule has 18 heavy (non-hydrogen) atoms. The van der Waals surface area contributed by atoms with Gasteiger partial charge in [0, 0.05) is 5.75 Å². The first-order valence-corrected chi connectivity index (χ1v) is 6.11. The molecule has 1 unspecified atom stereocenters. The van der Waals surface area contributed by atoms with Crippen molar-refractivity contribution in [2.75, 3.05) is 5.75 Å². The summed E-state index contributed by atoms with van der Waals surface area (Å²) in [5.74, 6) is -2.04. The number of thioether (sulfide) groups is 1. The van der Waals surface area contributed by atoms with Crippen LogP contribution < -0.4 is 0 Å². The van der Waals surface area contributed by atoms with Crippen LogP contribution in [0.5, 0.6) is 0 Å². The van der Waals surface area contributed by atoms with Crippen LogP contribution in [0.2, 0.25) is 0 Å². The number of hydrogen-bond acceptors (Lipinski definition) is 4. The maximum absolute atomic E-state index is 13.2. The van der Waals surface area contributed by atoms with Crippen molar-refractivity contribution >= 4 is 23.4 Å². The second kappa shape index (κ2) is 5.81. The molecule has 0 fully saturated rings. The van der Waals surface area contributed by atoms with Crippen molar-refractivity contribution in [3.8, 4) is 0 Å². The zero-order chi connectivity index (χ0) is 13.9. The lowest BCUT2D eigenvalue weighted by atomic mass is 10.2. The molecule has 5 nitrogen and oxygen atoms in total. The van der Waals surface area contributed by atoms with E-state index >= 15 is 0 Å². The fraction of sp³-hybridized carbons (Fsp3) is 0.364. The molecule has 1 atom stereocenters. The van der Waals surface area contributed by atoms with Crippen LogP contribution in [0.3, 0.4) is 0 Å². The molecule has 0 aromatic heterocycles. The predicted molar refractivity (Wildman–Crippen MR) is 65.3 cm³/mol. The van der Waals surface area contributed by atoms with E-state index in [4.69, 9.17) is 5.11 Å². The summed E-state index contributed by atoms with van der Waals surface area (Å²) in [4.78, 5) is 21.0. The number of hydrogen-bond donors (Lipinski definition) is 1. The fourth-order valence-corrected chi connectivity index (χ4v) is 2.30. The molecule has 1 N–H and O–H groups in total. The summed E-state index contributed by atoms with van der Waals surface area (Å²) in [5, 5.41) is 19.5. The molecule has 0 bridgehead atoms. The number of aliphatic carboxylic acids is 1. The van der Waals surface area contributed by atoms with Gasteiger partial charge < -0.3 is 5.11 Å². The second-order valence-electron chi connectivity index (χ2n) is 3.88. The number of halogens is 1. The molecule has 0 saturated heterocycles. The standard InChI is InChI=1S/C11H12FNO4S/c1-6-3-10(18-5-7(2)11(14)15)9(13(16)17)4-8(6)12/h3-4,7H,5H2,1-2H3,(H,14,15). The van der Waals surface area contributed by atoms with Crippen LogP contribution in [0.25, 0.3) is 0 Å². The minimum Gasteiger partial charge on any atom is -0.481 e. The first-order valence-electron chi connectivity index (χ1n) is 5.13. The number of nitro groups is 1. The number of carboxylic acids is 1. The molecule has 0 aliphatic rings. The monoisotopic (exact) mass is 273 g/mol. The Morgan fingerprint density at radius 2 is 2.22 bits per heavy atom. The molecule has 0 aliphatic carbocycles. The maximum Gasteiger partial charge on any atom is 0.307 e. The van der Waals surface area contributed by atoms with E-state index in [0.29, 0.717) is 5.56 Å². The fourth-order valence-electron chi connectivity index (χ4n) is 1.19. The Kier molecular flexibility index (Phi) is 4.66. The molecule has 0 saturated carbocycles. The average Bonchev–Trinajstić information content (AvgIpc) is 2.29. The summed E-state index contributed by atoms with van der Waals surface area (Å²) < 4.78 is 13.2. The van der Waals surface area contributed by atoms with Crippen molar-refractivity contribution in [3.63, 3.8) is 0 Å². The summed E-state index contributed by atoms with van der Waals surface area (Å²) >= 11 is 1.05. The van der Waals surface area contributed by atoms with Gasteiger partial charge in [0.2, 0.25) is 0 Å². The third-order valence-corrected chi connectivity index (χ3v) is 3.65. The van der Waals surface area contributed by atoms with Gasteiger partial charge in [0.15, 0.2) is 0 Å². The zero-order valence-corrected chi connectivity index (χ0v) is 10.7. The average molecular weight is 273 g/mol. The van der Waals surface area contributed by atoms with Gasteiger partial charge in [-0.05, 0) is 18.6 Å². The van der Waals surface area contributed by atoms with Gasteiger partial charge in [0.05, 0.1) is 21.8 Å². The van der Waals surface area contributed by atoms with Gasteiger partial charge in [-0.3, -0.25) is 14.9 Å². The van der Waals surface area contributed by atoms with Crippen molar-refractivity contribution in [1.82, 2.24) is 0 Å². The van der Waals surface area contributed by atoms with E-state index in [-0.39, 0.29) is 16.3 Å². The SMILES string of the molecule is Cc1cc(SCC(C)C(=O)O)c([N+](=O)[O-])cc1F. The molecule has 7 heteroatoms. The van der Waals surface area contributed by atoms with E-state index in [0.717, 1.165) is 17.8 Å². The molecule has 0 amide bonds. The lowest BCUT2D eigenvalue weighted by Crippen LogP contribution is -2.11. The summed E-state index contributed by atoms with van der Waals surface area (Å²) in [6.07, 6.45) is 0. The van der Waals surface area contributed by atoms with Gasteiger partial charge >= 0.3 is 5.97 Å². The number of aryl methyl sites for hydroxylation is 1. The number of rotatable bonds is 5. The van der Waals surface area contributed by atoms with Gasteiger partial charge in [0.25, 0.3) is 5.69 Å². The van der Waals surface area contributed by atoms with E-state index < -0.39 is 22.6 Å². The van der Waals surface area contributed by atoms with E-state index in [1.807, 2.05) is 0 Å². The Labute approximate surface area is 107 Å². The van der Waals surface area contributed by atoms with Gasteiger partial charge in [-0.25, -0.2) is 4.39 Å². The van der Waals surface area contributed by atoms with Gasteiger partial charge in [-0.15, -0.1) is 11.8 Å². The van der Waals surface area contributed by atoms with Crippen LogP contribution in [0.1, 0.15) is 12.5 Å². The zero-order valence-electron chi connectivity index (χ0n) is 9.84. The van der Waals surface area contributed by atoms with Crippen molar-refractivity contribution in [3.05, 3.63) is 33.6 Å². The minimum absolute atomic E-state index is 0.196. The molecule has 0 radical (unpaired) electrons. The third-order valence-electron chi connectivity index (χ3n) is 2.35. The van der Waals surface area contributed by atoms with Crippen molar-refractivity contribution in [2.45, 2.75) is 18.7 Å². The third kappa shape index (κ3) is 3.43. The second-order valence-corrected chi connectivity index (χ2v) is 4.94. The van der Waals surface area contributed by atoms with Crippen molar-refractivity contribution in [1.29, 1.82) is 0 Å². The Morgan fingerprint density at radius 3 is 2.72 bits per heavy atom.